The average Bonchev–Trinajstić information content (AvgIpc) is 3.28. The maximum absolute atomic E-state index is 13.0. The number of esters is 1. The predicted octanol–water partition coefficient (Wildman–Crippen LogP) is 3.42. The van der Waals surface area contributed by atoms with Crippen LogP contribution in [0.5, 0.6) is 5.75 Å². The number of ether oxygens (including phenoxy) is 1. The Kier molecular flexibility index (Phi) is 6.61. The van der Waals surface area contributed by atoms with E-state index < -0.39 is 0 Å². The van der Waals surface area contributed by atoms with Crippen molar-refractivity contribution in [1.29, 1.82) is 0 Å². The molecule has 0 heterocycles. The lowest BCUT2D eigenvalue weighted by Gasteiger charge is -2.25. The fraction of sp³-hybridized carbons (Fsp3) is 0.440. The summed E-state index contributed by atoms with van der Waals surface area (Å²) < 4.78 is 5.09. The van der Waals surface area contributed by atoms with Gasteiger partial charge in [0.25, 0.3) is 0 Å². The molecule has 1 N–H and O–H groups in total. The van der Waals surface area contributed by atoms with E-state index in [1.807, 2.05) is 44.4 Å². The van der Waals surface area contributed by atoms with E-state index in [-0.39, 0.29) is 29.3 Å². The molecule has 1 saturated carbocycles. The largest absolute Gasteiger partial charge is 0.427 e. The summed E-state index contributed by atoms with van der Waals surface area (Å²) in [5, 5.41) is 3.19. The van der Waals surface area contributed by atoms with Gasteiger partial charge in [0.15, 0.2) is 0 Å². The smallest absolute Gasteiger partial charge is 0.308 e. The molecule has 1 amide bonds. The van der Waals surface area contributed by atoms with E-state index in [0.717, 1.165) is 12.0 Å². The molecular weight excluding hydrogens is 376 g/mol. The van der Waals surface area contributed by atoms with Gasteiger partial charge in [-0.3, -0.25) is 9.59 Å². The van der Waals surface area contributed by atoms with Gasteiger partial charge in [0, 0.05) is 24.9 Å². The molecule has 3 rings (SSSR count). The van der Waals surface area contributed by atoms with Crippen molar-refractivity contribution in [2.45, 2.75) is 38.6 Å². The molecule has 5 heteroatoms. The summed E-state index contributed by atoms with van der Waals surface area (Å²) in [6.07, 6.45) is 0.795. The second-order valence-electron chi connectivity index (χ2n) is 8.72. The van der Waals surface area contributed by atoms with Gasteiger partial charge in [-0.15, -0.1) is 0 Å². The van der Waals surface area contributed by atoms with Crippen molar-refractivity contribution in [3.05, 3.63) is 65.7 Å². The molecule has 0 aliphatic heterocycles. The molecule has 0 spiro atoms. The molecule has 5 nitrogen and oxygen atoms in total. The minimum absolute atomic E-state index is 0.00530. The third-order valence-corrected chi connectivity index (χ3v) is 6.56. The van der Waals surface area contributed by atoms with Crippen molar-refractivity contribution in [1.82, 2.24) is 10.2 Å². The number of hydrogen-bond acceptors (Lipinski definition) is 4. The molecule has 0 bridgehead atoms. The minimum atomic E-state index is -0.326. The predicted molar refractivity (Wildman–Crippen MR) is 118 cm³/mol. The van der Waals surface area contributed by atoms with Crippen LogP contribution in [0.25, 0.3) is 0 Å². The normalized spacial score (nSPS) is 23.7. The van der Waals surface area contributed by atoms with Crippen LogP contribution < -0.4 is 10.1 Å². The van der Waals surface area contributed by atoms with Crippen LogP contribution in [0.1, 0.15) is 31.9 Å². The maximum atomic E-state index is 13.0. The highest BCUT2D eigenvalue weighted by atomic mass is 16.5. The summed E-state index contributed by atoms with van der Waals surface area (Å²) in [4.78, 5) is 26.1. The van der Waals surface area contributed by atoms with Crippen LogP contribution in [0.15, 0.2) is 54.6 Å². The summed E-state index contributed by atoms with van der Waals surface area (Å²) in [7, 11) is 4.05. The van der Waals surface area contributed by atoms with Crippen molar-refractivity contribution >= 4 is 11.9 Å². The van der Waals surface area contributed by atoms with Crippen molar-refractivity contribution in [2.75, 3.05) is 20.6 Å². The van der Waals surface area contributed by atoms with Gasteiger partial charge < -0.3 is 15.0 Å². The fourth-order valence-electron chi connectivity index (χ4n) is 4.36. The number of nitrogens with one attached hydrogen (secondary N) is 1. The van der Waals surface area contributed by atoms with Crippen LogP contribution in [-0.4, -0.2) is 43.5 Å². The van der Waals surface area contributed by atoms with E-state index in [1.165, 1.54) is 12.5 Å². The number of amides is 1. The summed E-state index contributed by atoms with van der Waals surface area (Å²) in [5.41, 5.74) is 2.27. The Hall–Kier alpha value is -2.66. The summed E-state index contributed by atoms with van der Waals surface area (Å²) in [5.74, 6) is 0.681. The molecule has 1 aliphatic rings. The minimum Gasteiger partial charge on any atom is -0.427 e. The highest BCUT2D eigenvalue weighted by molar-refractivity contribution is 5.85. The zero-order chi connectivity index (χ0) is 21.9. The van der Waals surface area contributed by atoms with Crippen LogP contribution in [-0.2, 0) is 21.4 Å². The highest BCUT2D eigenvalue weighted by Gasteiger charge is 2.62. The van der Waals surface area contributed by atoms with Crippen molar-refractivity contribution in [2.24, 2.45) is 11.8 Å². The molecule has 0 aromatic heterocycles. The first-order valence-electron chi connectivity index (χ1n) is 10.5. The van der Waals surface area contributed by atoms with Crippen molar-refractivity contribution in [3.8, 4) is 5.75 Å². The summed E-state index contributed by atoms with van der Waals surface area (Å²) in [6.45, 7) is 6.32. The second kappa shape index (κ2) is 9.00. The Balaban J connectivity index is 1.58. The van der Waals surface area contributed by atoms with E-state index in [0.29, 0.717) is 18.2 Å². The molecule has 1 fully saturated rings. The number of benzene rings is 2. The molecule has 2 unspecified atom stereocenters. The van der Waals surface area contributed by atoms with Crippen LogP contribution >= 0.6 is 0 Å². The molecule has 0 radical (unpaired) electrons. The number of likely N-dealkylation sites (N-methyl/N-ethyl adjacent to an activating group) is 1. The Morgan fingerprint density at radius 3 is 2.30 bits per heavy atom. The Morgan fingerprint density at radius 2 is 1.73 bits per heavy atom. The topological polar surface area (TPSA) is 58.6 Å². The van der Waals surface area contributed by atoms with E-state index >= 15 is 0 Å². The van der Waals surface area contributed by atoms with Crippen LogP contribution in [0.2, 0.25) is 0 Å². The molecule has 2 aromatic rings. The molecule has 160 valence electrons. The first-order chi connectivity index (χ1) is 14.2. The lowest BCUT2D eigenvalue weighted by Crippen LogP contribution is -2.42. The average molecular weight is 409 g/mol. The molecule has 4 atom stereocenters. The Labute approximate surface area is 179 Å². The third kappa shape index (κ3) is 4.73. The van der Waals surface area contributed by atoms with Gasteiger partial charge >= 0.3 is 5.97 Å². The molecule has 30 heavy (non-hydrogen) atoms. The third-order valence-electron chi connectivity index (χ3n) is 6.56. The van der Waals surface area contributed by atoms with Gasteiger partial charge in [0.05, 0.1) is 5.92 Å². The summed E-state index contributed by atoms with van der Waals surface area (Å²) >= 11 is 0. The van der Waals surface area contributed by atoms with Gasteiger partial charge in [-0.05, 0) is 49.7 Å². The quantitative estimate of drug-likeness (QED) is 0.537. The molecule has 0 saturated heterocycles. The SMILES string of the molecule is CC(=O)Oc1ccc(C[C@@H](CNC(=O)C2C(C)[C@@]2(C)c2ccccc2)N(C)C)cc1. The van der Waals surface area contributed by atoms with Gasteiger partial charge in [-0.25, -0.2) is 0 Å². The van der Waals surface area contributed by atoms with E-state index in [9.17, 15) is 9.59 Å². The highest BCUT2D eigenvalue weighted by Crippen LogP contribution is 2.59. The van der Waals surface area contributed by atoms with Crippen molar-refractivity contribution in [3.63, 3.8) is 0 Å². The van der Waals surface area contributed by atoms with Gasteiger partial charge in [-0.1, -0.05) is 56.3 Å². The Bertz CT molecular complexity index is 879. The van der Waals surface area contributed by atoms with Gasteiger partial charge in [0.1, 0.15) is 5.75 Å². The summed E-state index contributed by atoms with van der Waals surface area (Å²) in [6, 6.07) is 18.0. The lowest BCUT2D eigenvalue weighted by molar-refractivity contribution is -0.131. The fourth-order valence-corrected chi connectivity index (χ4v) is 4.36. The standard InChI is InChI=1S/C25H32N2O3/c1-17-23(25(17,3)20-9-7-6-8-10-20)24(29)26-16-21(27(4)5)15-19-11-13-22(14-12-19)30-18(2)28/h6-14,17,21,23H,15-16H2,1-5H3,(H,26,29)/t17?,21-,23?,25-/m0/s1. The van der Waals surface area contributed by atoms with Crippen molar-refractivity contribution < 1.29 is 14.3 Å². The number of rotatable bonds is 8. The van der Waals surface area contributed by atoms with Crippen LogP contribution in [0.4, 0.5) is 0 Å². The van der Waals surface area contributed by atoms with Gasteiger partial charge in [-0.2, -0.15) is 0 Å². The zero-order valence-corrected chi connectivity index (χ0v) is 18.5. The number of carbonyl (C=O) groups excluding carboxylic acids is 2. The molecule has 2 aromatic carbocycles. The molecule has 1 aliphatic carbocycles. The van der Waals surface area contributed by atoms with Crippen LogP contribution in [0.3, 0.4) is 0 Å². The second-order valence-corrected chi connectivity index (χ2v) is 8.72. The van der Waals surface area contributed by atoms with Crippen LogP contribution in [0, 0.1) is 11.8 Å². The number of carbonyl (C=O) groups is 2. The number of nitrogens with zero attached hydrogens (tertiary/aromatic N) is 1. The molecular formula is C25H32N2O3. The van der Waals surface area contributed by atoms with Gasteiger partial charge in [0.2, 0.25) is 5.91 Å². The lowest BCUT2D eigenvalue weighted by atomic mass is 9.94. The first kappa shape index (κ1) is 22.0. The first-order valence-corrected chi connectivity index (χ1v) is 10.5. The van der Waals surface area contributed by atoms with E-state index in [1.54, 1.807) is 12.1 Å². The van der Waals surface area contributed by atoms with E-state index in [4.69, 9.17) is 4.74 Å². The Morgan fingerprint density at radius 1 is 1.10 bits per heavy atom. The number of hydrogen-bond donors (Lipinski definition) is 1. The van der Waals surface area contributed by atoms with E-state index in [2.05, 4.69) is 36.2 Å². The zero-order valence-electron chi connectivity index (χ0n) is 18.5. The monoisotopic (exact) mass is 408 g/mol. The maximum Gasteiger partial charge on any atom is 0.308 e.